The summed E-state index contributed by atoms with van der Waals surface area (Å²) in [5.74, 6) is 2.70. The predicted octanol–water partition coefficient (Wildman–Crippen LogP) is 4.62. The Morgan fingerprint density at radius 1 is 1.06 bits per heavy atom. The molecule has 194 valence electrons. The number of carbonyl (C=O) groups excluding carboxylic acids is 1. The van der Waals surface area contributed by atoms with Crippen LogP contribution in [0.1, 0.15) is 50.6 Å². The van der Waals surface area contributed by atoms with E-state index in [-0.39, 0.29) is 29.3 Å². The number of carbonyl (C=O) groups is 1. The Balaban J connectivity index is 1.20. The van der Waals surface area contributed by atoms with Gasteiger partial charge in [0.2, 0.25) is 20.9 Å². The van der Waals surface area contributed by atoms with Crippen LogP contribution in [-0.4, -0.2) is 37.3 Å². The first-order valence-corrected chi connectivity index (χ1v) is 13.9. The number of halogens is 3. The molecule has 1 amide bonds. The molecule has 1 N–H and O–H groups in total. The van der Waals surface area contributed by atoms with E-state index in [1.54, 1.807) is 0 Å². The van der Waals surface area contributed by atoms with Crippen molar-refractivity contribution in [2.75, 3.05) is 13.0 Å². The Bertz CT molecular complexity index is 1230. The molecule has 1 aromatic heterocycles. The van der Waals surface area contributed by atoms with Crippen molar-refractivity contribution < 1.29 is 31.1 Å². The zero-order valence-corrected chi connectivity index (χ0v) is 20.7. The van der Waals surface area contributed by atoms with Crippen molar-refractivity contribution in [1.29, 1.82) is 0 Å². The Morgan fingerprint density at radius 3 is 2.17 bits per heavy atom. The van der Waals surface area contributed by atoms with Crippen LogP contribution >= 0.6 is 0 Å². The summed E-state index contributed by atoms with van der Waals surface area (Å²) >= 11 is 0. The molecule has 4 fully saturated rings. The molecule has 1 aromatic carbocycles. The first-order chi connectivity index (χ1) is 16.9. The molecule has 0 atom stereocenters. The van der Waals surface area contributed by atoms with Crippen LogP contribution in [0, 0.1) is 23.2 Å². The van der Waals surface area contributed by atoms with Crippen LogP contribution in [0.5, 0.6) is 5.75 Å². The third kappa shape index (κ3) is 5.35. The largest absolute Gasteiger partial charge is 0.473 e. The first-order valence-electron chi connectivity index (χ1n) is 12.0. The number of sulfone groups is 1. The number of benzene rings is 1. The van der Waals surface area contributed by atoms with E-state index in [1.165, 1.54) is 43.5 Å². The van der Waals surface area contributed by atoms with E-state index in [0.29, 0.717) is 18.2 Å². The smallest absolute Gasteiger partial charge is 0.433 e. The summed E-state index contributed by atoms with van der Waals surface area (Å²) in [5, 5.41) is 1.93. The molecule has 2 aromatic rings. The standard InChI is InChI=1S/C25H28F3N3O4S/c1-36(33,34)23-30-20(9-21(31-23)25(26,27)28)18-2-4-19(5-3-18)35-14-29-22(32)13-24-10-15-6-16(11-24)8-17(7-15)12-24/h2-5,9,15-17H,6-8,10-14H2,1H3,(H,29,32). The third-order valence-corrected chi connectivity index (χ3v) is 8.53. The van der Waals surface area contributed by atoms with Gasteiger partial charge in [-0.05, 0) is 92.0 Å². The van der Waals surface area contributed by atoms with Gasteiger partial charge in [-0.2, -0.15) is 13.2 Å². The molecule has 6 rings (SSSR count). The number of alkyl halides is 3. The molecule has 36 heavy (non-hydrogen) atoms. The van der Waals surface area contributed by atoms with Crippen molar-refractivity contribution in [2.24, 2.45) is 23.2 Å². The fourth-order valence-corrected chi connectivity index (χ4v) is 7.24. The van der Waals surface area contributed by atoms with Gasteiger partial charge in [0.1, 0.15) is 11.4 Å². The topological polar surface area (TPSA) is 98.3 Å². The van der Waals surface area contributed by atoms with Gasteiger partial charge in [-0.1, -0.05) is 0 Å². The van der Waals surface area contributed by atoms with Gasteiger partial charge >= 0.3 is 6.18 Å². The fraction of sp³-hybridized carbons (Fsp3) is 0.560. The van der Waals surface area contributed by atoms with Gasteiger partial charge in [-0.25, -0.2) is 18.4 Å². The van der Waals surface area contributed by atoms with Crippen LogP contribution in [0.3, 0.4) is 0 Å². The number of amides is 1. The second kappa shape index (κ2) is 9.00. The van der Waals surface area contributed by atoms with Gasteiger partial charge in [0, 0.05) is 18.2 Å². The second-order valence-corrected chi connectivity index (χ2v) is 12.6. The van der Waals surface area contributed by atoms with E-state index in [1.807, 2.05) is 0 Å². The van der Waals surface area contributed by atoms with Gasteiger partial charge in [-0.3, -0.25) is 4.79 Å². The van der Waals surface area contributed by atoms with Gasteiger partial charge in [0.15, 0.2) is 6.73 Å². The van der Waals surface area contributed by atoms with Gasteiger partial charge in [0.25, 0.3) is 0 Å². The number of rotatable bonds is 7. The van der Waals surface area contributed by atoms with Gasteiger partial charge in [0.05, 0.1) is 5.69 Å². The van der Waals surface area contributed by atoms with Crippen molar-refractivity contribution >= 4 is 15.7 Å². The lowest BCUT2D eigenvalue weighted by Gasteiger charge is -2.56. The summed E-state index contributed by atoms with van der Waals surface area (Å²) in [5.41, 5.74) is -1.10. The summed E-state index contributed by atoms with van der Waals surface area (Å²) in [6, 6.07) is 6.70. The van der Waals surface area contributed by atoms with E-state index in [4.69, 9.17) is 4.74 Å². The maximum atomic E-state index is 13.2. The maximum Gasteiger partial charge on any atom is 0.433 e. The summed E-state index contributed by atoms with van der Waals surface area (Å²) in [6.07, 6.45) is 3.86. The molecule has 0 unspecified atom stereocenters. The molecule has 11 heteroatoms. The summed E-state index contributed by atoms with van der Waals surface area (Å²) in [6.45, 7) is -0.0193. The van der Waals surface area contributed by atoms with Gasteiger partial charge < -0.3 is 10.1 Å². The Hall–Kier alpha value is -2.69. The van der Waals surface area contributed by atoms with Crippen molar-refractivity contribution in [2.45, 2.75) is 56.3 Å². The molecule has 4 aliphatic carbocycles. The van der Waals surface area contributed by atoms with Crippen LogP contribution in [-0.2, 0) is 20.8 Å². The highest BCUT2D eigenvalue weighted by Gasteiger charge is 2.51. The first kappa shape index (κ1) is 25.0. The molecule has 1 heterocycles. The van der Waals surface area contributed by atoms with Crippen molar-refractivity contribution in [3.8, 4) is 17.0 Å². The summed E-state index contributed by atoms with van der Waals surface area (Å²) in [7, 11) is -4.05. The lowest BCUT2D eigenvalue weighted by Crippen LogP contribution is -2.48. The van der Waals surface area contributed by atoms with E-state index >= 15 is 0 Å². The fourth-order valence-electron chi connectivity index (χ4n) is 6.72. The van der Waals surface area contributed by atoms with E-state index in [2.05, 4.69) is 15.3 Å². The van der Waals surface area contributed by atoms with E-state index in [9.17, 15) is 26.4 Å². The lowest BCUT2D eigenvalue weighted by molar-refractivity contribution is -0.141. The summed E-state index contributed by atoms with van der Waals surface area (Å²) < 4.78 is 68.8. The molecule has 0 aliphatic heterocycles. The Morgan fingerprint density at radius 2 is 1.64 bits per heavy atom. The molecule has 7 nitrogen and oxygen atoms in total. The SMILES string of the molecule is CS(=O)(=O)c1nc(-c2ccc(OCNC(=O)CC34CC5CC(CC(C5)C3)C4)cc2)cc(C(F)(F)F)n1. The zero-order chi connectivity index (χ0) is 25.7. The molecule has 4 bridgehead atoms. The number of nitrogens with zero attached hydrogens (tertiary/aromatic N) is 2. The molecular weight excluding hydrogens is 495 g/mol. The molecule has 4 saturated carbocycles. The number of aromatic nitrogens is 2. The van der Waals surface area contributed by atoms with Crippen molar-refractivity contribution in [1.82, 2.24) is 15.3 Å². The summed E-state index contributed by atoms with van der Waals surface area (Å²) in [4.78, 5) is 19.6. The predicted molar refractivity (Wildman–Crippen MR) is 124 cm³/mol. The minimum atomic E-state index is -4.82. The van der Waals surface area contributed by atoms with E-state index in [0.717, 1.165) is 43.3 Å². The van der Waals surface area contributed by atoms with Crippen LogP contribution in [0.25, 0.3) is 11.3 Å². The molecule has 0 saturated heterocycles. The normalized spacial score (nSPS) is 27.2. The van der Waals surface area contributed by atoms with Crippen LogP contribution in [0.4, 0.5) is 13.2 Å². The second-order valence-electron chi connectivity index (χ2n) is 10.7. The average Bonchev–Trinajstić information content (AvgIpc) is 2.77. The molecule has 0 radical (unpaired) electrons. The highest BCUT2D eigenvalue weighted by Crippen LogP contribution is 2.61. The van der Waals surface area contributed by atoms with Crippen molar-refractivity contribution in [3.63, 3.8) is 0 Å². The highest BCUT2D eigenvalue weighted by molar-refractivity contribution is 7.90. The number of hydrogen-bond donors (Lipinski definition) is 1. The highest BCUT2D eigenvalue weighted by atomic mass is 32.2. The molecular formula is C25H28F3N3O4S. The number of nitrogens with one attached hydrogen (secondary N) is 1. The van der Waals surface area contributed by atoms with E-state index < -0.39 is 26.9 Å². The monoisotopic (exact) mass is 523 g/mol. The molecule has 0 spiro atoms. The lowest BCUT2D eigenvalue weighted by atomic mass is 9.49. The van der Waals surface area contributed by atoms with Crippen LogP contribution in [0.2, 0.25) is 0 Å². The third-order valence-electron chi connectivity index (χ3n) is 7.69. The van der Waals surface area contributed by atoms with Crippen molar-refractivity contribution in [3.05, 3.63) is 36.0 Å². The van der Waals surface area contributed by atoms with Gasteiger partial charge in [-0.15, -0.1) is 0 Å². The molecule has 4 aliphatic rings. The zero-order valence-electron chi connectivity index (χ0n) is 19.8. The quantitative estimate of drug-likeness (QED) is 0.420. The van der Waals surface area contributed by atoms with Crippen LogP contribution < -0.4 is 10.1 Å². The minimum absolute atomic E-state index is 0.0193. The minimum Gasteiger partial charge on any atom is -0.473 e. The Labute approximate surface area is 207 Å². The van der Waals surface area contributed by atoms with Crippen LogP contribution in [0.15, 0.2) is 35.5 Å². The number of ether oxygens (including phenoxy) is 1. The average molecular weight is 524 g/mol. The number of hydrogen-bond acceptors (Lipinski definition) is 6. The maximum absolute atomic E-state index is 13.2. The Kier molecular flexibility index (Phi) is 6.25.